The Kier molecular flexibility index (Phi) is 4.07. The molecule has 0 saturated heterocycles. The Bertz CT molecular complexity index is 593. The van der Waals surface area contributed by atoms with Gasteiger partial charge in [-0.3, -0.25) is 5.43 Å². The second kappa shape index (κ2) is 5.76. The number of carbonyl (C=O) groups is 1. The number of thiocarbonyl (C=S) groups is 1. The molecule has 100 valence electrons. The average Bonchev–Trinajstić information content (AvgIpc) is 2.98. The number of anilines is 1. The quantitative estimate of drug-likeness (QED) is 0.654. The van der Waals surface area contributed by atoms with Crippen LogP contribution < -0.4 is 10.7 Å². The summed E-state index contributed by atoms with van der Waals surface area (Å²) >= 11 is 6.55. The fraction of sp³-hybridized carbons (Fsp3) is 0.200. The molecule has 9 heteroatoms. The molecule has 2 N–H and O–H groups in total. The molecule has 0 aliphatic carbocycles. The molecule has 2 aromatic rings. The Morgan fingerprint density at radius 3 is 2.79 bits per heavy atom. The maximum atomic E-state index is 11.6. The fourth-order valence-electron chi connectivity index (χ4n) is 1.38. The van der Waals surface area contributed by atoms with E-state index in [2.05, 4.69) is 20.9 Å². The summed E-state index contributed by atoms with van der Waals surface area (Å²) in [5.41, 5.74) is 3.29. The third-order valence-electron chi connectivity index (χ3n) is 2.14. The number of nitrogens with zero attached hydrogens (tertiary/aromatic N) is 3. The first-order chi connectivity index (χ1) is 9.10. The molecule has 0 spiro atoms. The third-order valence-corrected chi connectivity index (χ3v) is 3.30. The van der Waals surface area contributed by atoms with E-state index < -0.39 is 5.97 Å². The van der Waals surface area contributed by atoms with Crippen molar-refractivity contribution < 1.29 is 9.53 Å². The van der Waals surface area contributed by atoms with Gasteiger partial charge in [0.1, 0.15) is 17.7 Å². The van der Waals surface area contributed by atoms with E-state index in [1.807, 2.05) is 6.92 Å². The van der Waals surface area contributed by atoms with E-state index in [1.165, 1.54) is 35.8 Å². The van der Waals surface area contributed by atoms with E-state index in [-0.39, 0.29) is 0 Å². The standard InChI is InChI=1S/C10H11N5O2S2/c1-6-3-7(9(16)17-2)8(19-6)13-10(18)14-15-4-11-12-5-15/h3-5H,1-2H3,(H2,13,14,18). The first-order valence-electron chi connectivity index (χ1n) is 5.21. The van der Waals surface area contributed by atoms with Gasteiger partial charge in [0, 0.05) is 4.88 Å². The maximum Gasteiger partial charge on any atom is 0.340 e. The SMILES string of the molecule is COC(=O)c1cc(C)sc1NC(=S)Nn1cnnc1. The molecule has 0 atom stereocenters. The minimum absolute atomic E-state index is 0.326. The zero-order valence-electron chi connectivity index (χ0n) is 10.2. The number of ether oxygens (including phenoxy) is 1. The summed E-state index contributed by atoms with van der Waals surface area (Å²) in [6.07, 6.45) is 2.93. The number of rotatable bonds is 3. The molecule has 0 aliphatic rings. The predicted octanol–water partition coefficient (Wildman–Crippen LogP) is 1.38. The Morgan fingerprint density at radius 1 is 1.47 bits per heavy atom. The molecule has 2 aromatic heterocycles. The Morgan fingerprint density at radius 2 is 2.16 bits per heavy atom. The van der Waals surface area contributed by atoms with Gasteiger partial charge in [-0.05, 0) is 25.2 Å². The number of thiophene rings is 1. The lowest BCUT2D eigenvalue weighted by Gasteiger charge is -2.09. The number of methoxy groups -OCH3 is 1. The van der Waals surface area contributed by atoms with E-state index in [0.29, 0.717) is 15.7 Å². The molecule has 0 unspecified atom stereocenters. The number of esters is 1. The van der Waals surface area contributed by atoms with Crippen LogP contribution in [-0.4, -0.2) is 33.1 Å². The number of hydrogen-bond acceptors (Lipinski definition) is 6. The molecule has 2 heterocycles. The second-order valence-electron chi connectivity index (χ2n) is 3.53. The smallest absolute Gasteiger partial charge is 0.340 e. The van der Waals surface area contributed by atoms with Gasteiger partial charge in [-0.2, -0.15) is 0 Å². The van der Waals surface area contributed by atoms with Crippen molar-refractivity contribution in [3.8, 4) is 0 Å². The molecule has 0 aromatic carbocycles. The third kappa shape index (κ3) is 3.26. The molecule has 0 bridgehead atoms. The zero-order chi connectivity index (χ0) is 13.8. The van der Waals surface area contributed by atoms with E-state index in [4.69, 9.17) is 17.0 Å². The summed E-state index contributed by atoms with van der Waals surface area (Å²) in [6, 6.07) is 1.75. The summed E-state index contributed by atoms with van der Waals surface area (Å²) in [4.78, 5) is 12.6. The van der Waals surface area contributed by atoms with Gasteiger partial charge >= 0.3 is 5.97 Å². The number of aromatic nitrogens is 3. The first-order valence-corrected chi connectivity index (χ1v) is 6.44. The minimum atomic E-state index is -0.404. The van der Waals surface area contributed by atoms with Gasteiger partial charge < -0.3 is 10.1 Å². The summed E-state index contributed by atoms with van der Waals surface area (Å²) in [5.74, 6) is -0.404. The number of hydrogen-bond donors (Lipinski definition) is 2. The lowest BCUT2D eigenvalue weighted by molar-refractivity contribution is 0.0602. The van der Waals surface area contributed by atoms with Crippen LogP contribution in [-0.2, 0) is 4.74 Å². The molecule has 0 radical (unpaired) electrons. The van der Waals surface area contributed by atoms with Gasteiger partial charge in [0.05, 0.1) is 12.7 Å². The lowest BCUT2D eigenvalue weighted by atomic mass is 10.3. The van der Waals surface area contributed by atoms with Crippen LogP contribution in [0.2, 0.25) is 0 Å². The summed E-state index contributed by atoms with van der Waals surface area (Å²) in [6.45, 7) is 1.90. The predicted molar refractivity (Wildman–Crippen MR) is 76.0 cm³/mol. The number of aryl methyl sites for hydroxylation is 1. The summed E-state index contributed by atoms with van der Waals surface area (Å²) in [5, 5.41) is 11.2. The van der Waals surface area contributed by atoms with Crippen LogP contribution in [0, 0.1) is 6.92 Å². The van der Waals surface area contributed by atoms with Crippen molar-refractivity contribution in [2.75, 3.05) is 17.9 Å². The van der Waals surface area contributed by atoms with Crippen molar-refractivity contribution in [2.24, 2.45) is 0 Å². The van der Waals surface area contributed by atoms with Gasteiger partial charge in [0.15, 0.2) is 5.11 Å². The molecular formula is C10H11N5O2S2. The van der Waals surface area contributed by atoms with Crippen molar-refractivity contribution in [2.45, 2.75) is 6.92 Å². The van der Waals surface area contributed by atoms with Crippen molar-refractivity contribution in [3.05, 3.63) is 29.2 Å². The Hall–Kier alpha value is -2.00. The number of carbonyl (C=O) groups excluding carboxylic acids is 1. The molecule has 0 amide bonds. The Balaban J connectivity index is 2.10. The first kappa shape index (κ1) is 13.4. The highest BCUT2D eigenvalue weighted by atomic mass is 32.1. The van der Waals surface area contributed by atoms with Crippen LogP contribution in [0.4, 0.5) is 5.00 Å². The van der Waals surface area contributed by atoms with Crippen molar-refractivity contribution in [1.82, 2.24) is 14.9 Å². The second-order valence-corrected chi connectivity index (χ2v) is 5.19. The minimum Gasteiger partial charge on any atom is -0.465 e. The van der Waals surface area contributed by atoms with E-state index in [0.717, 1.165) is 4.88 Å². The normalized spacial score (nSPS) is 10.0. The molecule has 0 saturated carbocycles. The molecule has 2 rings (SSSR count). The van der Waals surface area contributed by atoms with E-state index in [9.17, 15) is 4.79 Å². The average molecular weight is 297 g/mol. The highest BCUT2D eigenvalue weighted by molar-refractivity contribution is 7.80. The maximum absolute atomic E-state index is 11.6. The molecule has 19 heavy (non-hydrogen) atoms. The summed E-state index contributed by atoms with van der Waals surface area (Å²) < 4.78 is 6.21. The van der Waals surface area contributed by atoms with Gasteiger partial charge in [0.2, 0.25) is 0 Å². The lowest BCUT2D eigenvalue weighted by Crippen LogP contribution is -2.26. The van der Waals surface area contributed by atoms with E-state index in [1.54, 1.807) is 6.07 Å². The van der Waals surface area contributed by atoms with Crippen molar-refractivity contribution in [1.29, 1.82) is 0 Å². The highest BCUT2D eigenvalue weighted by Crippen LogP contribution is 2.28. The van der Waals surface area contributed by atoms with Crippen LogP contribution >= 0.6 is 23.6 Å². The monoisotopic (exact) mass is 297 g/mol. The van der Waals surface area contributed by atoms with Crippen LogP contribution in [0.5, 0.6) is 0 Å². The molecular weight excluding hydrogens is 286 g/mol. The van der Waals surface area contributed by atoms with Gasteiger partial charge in [-0.15, -0.1) is 21.5 Å². The van der Waals surface area contributed by atoms with Gasteiger partial charge in [-0.1, -0.05) is 0 Å². The van der Waals surface area contributed by atoms with Gasteiger partial charge in [0.25, 0.3) is 0 Å². The Labute approximate surface area is 118 Å². The summed E-state index contributed by atoms with van der Waals surface area (Å²) in [7, 11) is 1.34. The highest BCUT2D eigenvalue weighted by Gasteiger charge is 2.16. The number of nitrogens with one attached hydrogen (secondary N) is 2. The van der Waals surface area contributed by atoms with Crippen LogP contribution in [0.25, 0.3) is 0 Å². The van der Waals surface area contributed by atoms with Gasteiger partial charge in [-0.25, -0.2) is 9.47 Å². The van der Waals surface area contributed by atoms with E-state index >= 15 is 0 Å². The van der Waals surface area contributed by atoms with Crippen LogP contribution in [0.1, 0.15) is 15.2 Å². The van der Waals surface area contributed by atoms with Crippen molar-refractivity contribution in [3.63, 3.8) is 0 Å². The molecule has 0 fully saturated rings. The van der Waals surface area contributed by atoms with Crippen LogP contribution in [0.15, 0.2) is 18.7 Å². The van der Waals surface area contributed by atoms with Crippen molar-refractivity contribution >= 4 is 39.6 Å². The zero-order valence-corrected chi connectivity index (χ0v) is 11.8. The fourth-order valence-corrected chi connectivity index (χ4v) is 2.55. The largest absolute Gasteiger partial charge is 0.465 e. The molecule has 0 aliphatic heterocycles. The topological polar surface area (TPSA) is 81.1 Å². The van der Waals surface area contributed by atoms with Crippen LogP contribution in [0.3, 0.4) is 0 Å². The molecule has 7 nitrogen and oxygen atoms in total.